The quantitative estimate of drug-likeness (QED) is 0.245. The van der Waals surface area contributed by atoms with E-state index in [1.54, 1.807) is 18.3 Å². The largest absolute Gasteiger partial charge is 0.379 e. The molecule has 4 rings (SSSR count). The molecular formula is C34H49N3O4S. The predicted molar refractivity (Wildman–Crippen MR) is 170 cm³/mol. The number of fused-ring (bicyclic) bond motifs is 1. The fourth-order valence-corrected chi connectivity index (χ4v) is 7.34. The Kier molecular flexibility index (Phi) is 12.3. The molecule has 0 radical (unpaired) electrons. The lowest BCUT2D eigenvalue weighted by Crippen LogP contribution is -2.42. The van der Waals surface area contributed by atoms with E-state index in [-0.39, 0.29) is 29.9 Å². The van der Waals surface area contributed by atoms with Crippen LogP contribution >= 0.6 is 11.3 Å². The van der Waals surface area contributed by atoms with Gasteiger partial charge < -0.3 is 14.8 Å². The Morgan fingerprint density at radius 1 is 1.14 bits per heavy atom. The molecule has 2 fully saturated rings. The van der Waals surface area contributed by atoms with Crippen molar-refractivity contribution in [1.29, 1.82) is 0 Å². The molecule has 0 bridgehead atoms. The third kappa shape index (κ3) is 9.81. The van der Waals surface area contributed by atoms with E-state index < -0.39 is 5.92 Å². The Bertz CT molecular complexity index is 1230. The number of aromatic nitrogens is 1. The molecule has 7 nitrogen and oxygen atoms in total. The van der Waals surface area contributed by atoms with E-state index in [0.717, 1.165) is 34.7 Å². The van der Waals surface area contributed by atoms with Crippen molar-refractivity contribution >= 4 is 39.0 Å². The zero-order valence-corrected chi connectivity index (χ0v) is 26.6. The Morgan fingerprint density at radius 2 is 1.88 bits per heavy atom. The van der Waals surface area contributed by atoms with Gasteiger partial charge in [0, 0.05) is 50.5 Å². The Balaban J connectivity index is 1.41. The summed E-state index contributed by atoms with van der Waals surface area (Å²) in [6.07, 6.45) is 8.53. The van der Waals surface area contributed by atoms with Crippen LogP contribution in [0.5, 0.6) is 0 Å². The maximum absolute atomic E-state index is 13.7. The number of hydrogen-bond donors (Lipinski definition) is 1. The Hall–Kier alpha value is -2.42. The summed E-state index contributed by atoms with van der Waals surface area (Å²) in [4.78, 5) is 46.0. The Labute approximate surface area is 255 Å². The lowest BCUT2D eigenvalue weighted by atomic mass is 9.83. The van der Waals surface area contributed by atoms with Crippen LogP contribution in [0, 0.1) is 11.8 Å². The molecule has 1 aliphatic heterocycles. The van der Waals surface area contributed by atoms with Gasteiger partial charge in [0.2, 0.25) is 5.91 Å². The van der Waals surface area contributed by atoms with Gasteiger partial charge in [0.1, 0.15) is 5.78 Å². The standard InChI is InChI=1S/C34H49N3O4S/c1-23(2)27-10-12-30-32(20-27)42-33(36-30)21-28(18-25(4)38)34(40)35-29(19-26-8-6-5-7-9-26)11-13-31(39)24(3)22-37-14-16-41-17-15-37/h10,12,20,23,26,28-29H,3,5-9,11,13-19,21-22H2,1-2,4H3,(H,35,40)/t28-,29+/m0/s1. The highest BCUT2D eigenvalue weighted by Crippen LogP contribution is 2.30. The second-order valence-electron chi connectivity index (χ2n) is 12.7. The zero-order chi connectivity index (χ0) is 30.1. The topological polar surface area (TPSA) is 88.6 Å². The third-order valence-electron chi connectivity index (χ3n) is 8.77. The number of hydrogen-bond acceptors (Lipinski definition) is 7. The third-order valence-corrected chi connectivity index (χ3v) is 9.81. The van der Waals surface area contributed by atoms with E-state index in [0.29, 0.717) is 56.4 Å². The Morgan fingerprint density at radius 3 is 2.57 bits per heavy atom. The maximum Gasteiger partial charge on any atom is 0.224 e. The van der Waals surface area contributed by atoms with Crippen LogP contribution in [0.1, 0.15) is 95.0 Å². The number of ketones is 2. The lowest BCUT2D eigenvalue weighted by Gasteiger charge is -2.29. The number of nitrogens with one attached hydrogen (secondary N) is 1. The van der Waals surface area contributed by atoms with Crippen LogP contribution in [-0.4, -0.2) is 66.2 Å². The van der Waals surface area contributed by atoms with Crippen molar-refractivity contribution in [2.75, 3.05) is 32.8 Å². The minimum Gasteiger partial charge on any atom is -0.379 e. The minimum absolute atomic E-state index is 0.00299. The number of thiazole rings is 1. The molecule has 8 heteroatoms. The van der Waals surface area contributed by atoms with Crippen molar-refractivity contribution in [3.8, 4) is 0 Å². The number of ether oxygens (including phenoxy) is 1. The van der Waals surface area contributed by atoms with Crippen molar-refractivity contribution in [2.45, 2.75) is 96.9 Å². The molecule has 1 amide bonds. The van der Waals surface area contributed by atoms with Crippen LogP contribution in [0.2, 0.25) is 0 Å². The summed E-state index contributed by atoms with van der Waals surface area (Å²) < 4.78 is 6.53. The number of nitrogens with zero attached hydrogens (tertiary/aromatic N) is 2. The van der Waals surface area contributed by atoms with Crippen LogP contribution in [0.3, 0.4) is 0 Å². The SMILES string of the molecule is C=C(CN1CCOCC1)C(=O)CC[C@H](CC1CCCCC1)NC(=O)[C@@H](CC(C)=O)Cc1nc2ccc(C(C)C)cc2s1. The second-order valence-corrected chi connectivity index (χ2v) is 13.8. The van der Waals surface area contributed by atoms with Gasteiger partial charge in [0.05, 0.1) is 34.4 Å². The first-order chi connectivity index (χ1) is 20.2. The maximum atomic E-state index is 13.7. The molecule has 0 spiro atoms. The normalized spacial score (nSPS) is 18.2. The number of morpholine rings is 1. The summed E-state index contributed by atoms with van der Waals surface area (Å²) in [5.41, 5.74) is 2.83. The van der Waals surface area contributed by atoms with Crippen molar-refractivity contribution in [3.63, 3.8) is 0 Å². The molecular weight excluding hydrogens is 546 g/mol. The molecule has 1 aromatic carbocycles. The summed E-state index contributed by atoms with van der Waals surface area (Å²) in [6.45, 7) is 13.6. The van der Waals surface area contributed by atoms with Crippen LogP contribution < -0.4 is 5.32 Å². The molecule has 1 saturated heterocycles. The monoisotopic (exact) mass is 595 g/mol. The summed E-state index contributed by atoms with van der Waals surface area (Å²) in [7, 11) is 0. The molecule has 2 aliphatic rings. The molecule has 230 valence electrons. The summed E-state index contributed by atoms with van der Waals surface area (Å²) in [6, 6.07) is 6.25. The number of benzene rings is 1. The van der Waals surface area contributed by atoms with Crippen LogP contribution in [0.15, 0.2) is 30.4 Å². The van der Waals surface area contributed by atoms with Crippen molar-refractivity contribution in [3.05, 3.63) is 40.9 Å². The summed E-state index contributed by atoms with van der Waals surface area (Å²) in [5, 5.41) is 4.18. The van der Waals surface area contributed by atoms with E-state index in [2.05, 4.69) is 48.8 Å². The average molecular weight is 596 g/mol. The van der Waals surface area contributed by atoms with Crippen LogP contribution in [-0.2, 0) is 25.5 Å². The second kappa shape index (κ2) is 15.9. The molecule has 1 aromatic heterocycles. The van der Waals surface area contributed by atoms with E-state index in [1.165, 1.54) is 37.7 Å². The van der Waals surface area contributed by atoms with Crippen LogP contribution in [0.4, 0.5) is 0 Å². The van der Waals surface area contributed by atoms with Gasteiger partial charge in [0.15, 0.2) is 5.78 Å². The molecule has 2 atom stereocenters. The van der Waals surface area contributed by atoms with Gasteiger partial charge in [-0.05, 0) is 49.3 Å². The minimum atomic E-state index is -0.478. The van der Waals surface area contributed by atoms with E-state index in [1.807, 2.05) is 0 Å². The molecule has 42 heavy (non-hydrogen) atoms. The van der Waals surface area contributed by atoms with E-state index >= 15 is 0 Å². The first-order valence-corrected chi connectivity index (χ1v) is 16.7. The van der Waals surface area contributed by atoms with Gasteiger partial charge in [-0.2, -0.15) is 0 Å². The van der Waals surface area contributed by atoms with Gasteiger partial charge >= 0.3 is 0 Å². The molecule has 1 aliphatic carbocycles. The first-order valence-electron chi connectivity index (χ1n) is 15.9. The highest BCUT2D eigenvalue weighted by atomic mass is 32.1. The molecule has 0 unspecified atom stereocenters. The predicted octanol–water partition coefficient (Wildman–Crippen LogP) is 6.25. The molecule has 2 heterocycles. The smallest absolute Gasteiger partial charge is 0.224 e. The fraction of sp³-hybridized carbons (Fsp3) is 0.647. The number of rotatable bonds is 15. The van der Waals surface area contributed by atoms with Crippen LogP contribution in [0.25, 0.3) is 10.2 Å². The molecule has 2 aromatic rings. The number of carbonyl (C=O) groups excluding carboxylic acids is 3. The number of Topliss-reactive ketones (excluding diaryl/α,β-unsaturated/α-hetero) is 2. The average Bonchev–Trinajstić information content (AvgIpc) is 3.37. The van der Waals surface area contributed by atoms with Crippen molar-refractivity contribution < 1.29 is 19.1 Å². The highest BCUT2D eigenvalue weighted by molar-refractivity contribution is 7.18. The van der Waals surface area contributed by atoms with Crippen molar-refractivity contribution in [1.82, 2.24) is 15.2 Å². The summed E-state index contributed by atoms with van der Waals surface area (Å²) >= 11 is 1.61. The van der Waals surface area contributed by atoms with E-state index in [9.17, 15) is 14.4 Å². The first kappa shape index (κ1) is 32.5. The van der Waals surface area contributed by atoms with Gasteiger partial charge in [0.25, 0.3) is 0 Å². The lowest BCUT2D eigenvalue weighted by molar-refractivity contribution is -0.129. The number of amides is 1. The van der Waals surface area contributed by atoms with Gasteiger partial charge in [-0.15, -0.1) is 11.3 Å². The number of carbonyl (C=O) groups is 3. The van der Waals surface area contributed by atoms with Gasteiger partial charge in [-0.3, -0.25) is 14.5 Å². The zero-order valence-electron chi connectivity index (χ0n) is 25.8. The highest BCUT2D eigenvalue weighted by Gasteiger charge is 2.27. The molecule has 1 saturated carbocycles. The van der Waals surface area contributed by atoms with E-state index in [4.69, 9.17) is 9.72 Å². The molecule has 1 N–H and O–H groups in total. The fourth-order valence-electron chi connectivity index (χ4n) is 6.24. The summed E-state index contributed by atoms with van der Waals surface area (Å²) in [5.74, 6) is 0.472. The van der Waals surface area contributed by atoms with Gasteiger partial charge in [-0.25, -0.2) is 4.98 Å². The van der Waals surface area contributed by atoms with Gasteiger partial charge in [-0.1, -0.05) is 58.6 Å². The van der Waals surface area contributed by atoms with Crippen molar-refractivity contribution in [2.24, 2.45) is 11.8 Å².